The first kappa shape index (κ1) is 11.5. The van der Waals surface area contributed by atoms with Gasteiger partial charge < -0.3 is 11.1 Å². The maximum atomic E-state index is 9.09. The molecule has 1 aliphatic carbocycles. The van der Waals surface area contributed by atoms with Crippen LogP contribution in [0.15, 0.2) is 36.7 Å². The zero-order valence-electron chi connectivity index (χ0n) is 10.4. The van der Waals surface area contributed by atoms with Gasteiger partial charge in [0.2, 0.25) is 0 Å². The van der Waals surface area contributed by atoms with Gasteiger partial charge in [-0.1, -0.05) is 6.07 Å². The minimum Gasteiger partial charge on any atom is -0.399 e. The van der Waals surface area contributed by atoms with Crippen LogP contribution < -0.4 is 11.1 Å². The molecule has 0 bridgehead atoms. The third-order valence-electron chi connectivity index (χ3n) is 3.52. The SMILES string of the molecule is N#Cc1ccncc1NC1CCc2cc(N)ccc21. The van der Waals surface area contributed by atoms with Crippen LogP contribution in [0.5, 0.6) is 0 Å². The number of nitrogen functional groups attached to an aromatic ring is 1. The second kappa shape index (κ2) is 4.62. The predicted molar refractivity (Wildman–Crippen MR) is 74.5 cm³/mol. The van der Waals surface area contributed by atoms with E-state index in [9.17, 15) is 0 Å². The van der Waals surface area contributed by atoms with Crippen molar-refractivity contribution in [2.75, 3.05) is 11.1 Å². The first-order valence-corrected chi connectivity index (χ1v) is 6.27. The first-order chi connectivity index (χ1) is 9.28. The highest BCUT2D eigenvalue weighted by Gasteiger charge is 2.22. The van der Waals surface area contributed by atoms with E-state index in [4.69, 9.17) is 11.0 Å². The number of pyridine rings is 1. The fourth-order valence-electron chi connectivity index (χ4n) is 2.58. The van der Waals surface area contributed by atoms with Crippen molar-refractivity contribution >= 4 is 11.4 Å². The Bertz CT molecular complexity index is 657. The Morgan fingerprint density at radius 3 is 3.11 bits per heavy atom. The van der Waals surface area contributed by atoms with E-state index in [-0.39, 0.29) is 6.04 Å². The molecule has 4 nitrogen and oxygen atoms in total. The average molecular weight is 250 g/mol. The van der Waals surface area contributed by atoms with Crippen molar-refractivity contribution in [3.05, 3.63) is 53.3 Å². The summed E-state index contributed by atoms with van der Waals surface area (Å²) in [4.78, 5) is 4.07. The van der Waals surface area contributed by atoms with Crippen molar-refractivity contribution < 1.29 is 0 Å². The lowest BCUT2D eigenvalue weighted by atomic mass is 10.1. The molecule has 1 aromatic heterocycles. The second-order valence-electron chi connectivity index (χ2n) is 4.73. The number of aromatic nitrogens is 1. The molecule has 0 spiro atoms. The van der Waals surface area contributed by atoms with Gasteiger partial charge in [-0.05, 0) is 42.2 Å². The van der Waals surface area contributed by atoms with Gasteiger partial charge in [0, 0.05) is 11.9 Å². The average Bonchev–Trinajstić information content (AvgIpc) is 2.82. The Labute approximate surface area is 111 Å². The van der Waals surface area contributed by atoms with E-state index in [0.29, 0.717) is 5.56 Å². The number of hydrogen-bond acceptors (Lipinski definition) is 4. The molecule has 3 N–H and O–H groups in total. The molecule has 0 aliphatic heterocycles. The normalized spacial score (nSPS) is 16.7. The van der Waals surface area contributed by atoms with Crippen LogP contribution in [0.2, 0.25) is 0 Å². The lowest BCUT2D eigenvalue weighted by Crippen LogP contribution is -2.08. The number of nitrogens with one attached hydrogen (secondary N) is 1. The maximum absolute atomic E-state index is 9.09. The van der Waals surface area contributed by atoms with E-state index in [1.54, 1.807) is 18.5 Å². The summed E-state index contributed by atoms with van der Waals surface area (Å²) in [7, 11) is 0. The fraction of sp³-hybridized carbons (Fsp3) is 0.200. The molecule has 0 amide bonds. The third-order valence-corrected chi connectivity index (χ3v) is 3.52. The van der Waals surface area contributed by atoms with Gasteiger partial charge >= 0.3 is 0 Å². The monoisotopic (exact) mass is 250 g/mol. The fourth-order valence-corrected chi connectivity index (χ4v) is 2.58. The quantitative estimate of drug-likeness (QED) is 0.803. The highest BCUT2D eigenvalue weighted by Crippen LogP contribution is 2.35. The topological polar surface area (TPSA) is 74.7 Å². The third kappa shape index (κ3) is 2.11. The number of nitriles is 1. The lowest BCUT2D eigenvalue weighted by Gasteiger charge is -2.16. The van der Waals surface area contributed by atoms with Gasteiger partial charge in [0.1, 0.15) is 6.07 Å². The van der Waals surface area contributed by atoms with Gasteiger partial charge in [0.15, 0.2) is 0 Å². The molecule has 1 heterocycles. The van der Waals surface area contributed by atoms with Gasteiger partial charge in [-0.15, -0.1) is 0 Å². The molecular weight excluding hydrogens is 236 g/mol. The number of anilines is 2. The van der Waals surface area contributed by atoms with E-state index in [1.165, 1.54) is 11.1 Å². The molecule has 0 radical (unpaired) electrons. The van der Waals surface area contributed by atoms with E-state index >= 15 is 0 Å². The van der Waals surface area contributed by atoms with Crippen LogP contribution in [0, 0.1) is 11.3 Å². The van der Waals surface area contributed by atoms with Crippen molar-refractivity contribution in [1.29, 1.82) is 5.26 Å². The van der Waals surface area contributed by atoms with Crippen molar-refractivity contribution in [1.82, 2.24) is 4.98 Å². The van der Waals surface area contributed by atoms with Crippen LogP contribution in [0.25, 0.3) is 0 Å². The molecule has 4 heteroatoms. The van der Waals surface area contributed by atoms with E-state index in [0.717, 1.165) is 24.2 Å². The summed E-state index contributed by atoms with van der Waals surface area (Å²) in [5, 5.41) is 12.5. The summed E-state index contributed by atoms with van der Waals surface area (Å²) in [6.45, 7) is 0. The minimum atomic E-state index is 0.229. The van der Waals surface area contributed by atoms with Crippen molar-refractivity contribution in [3.63, 3.8) is 0 Å². The van der Waals surface area contributed by atoms with Crippen molar-refractivity contribution in [3.8, 4) is 6.07 Å². The molecule has 3 rings (SSSR count). The summed E-state index contributed by atoms with van der Waals surface area (Å²) in [5.41, 5.74) is 10.6. The van der Waals surface area contributed by atoms with Crippen LogP contribution in [0.4, 0.5) is 11.4 Å². The highest BCUT2D eigenvalue weighted by molar-refractivity contribution is 5.58. The Balaban J connectivity index is 1.89. The summed E-state index contributed by atoms with van der Waals surface area (Å²) >= 11 is 0. The van der Waals surface area contributed by atoms with Crippen LogP contribution >= 0.6 is 0 Å². The van der Waals surface area contributed by atoms with Crippen LogP contribution in [0.1, 0.15) is 29.2 Å². The molecule has 0 saturated heterocycles. The number of fused-ring (bicyclic) bond motifs is 1. The smallest absolute Gasteiger partial charge is 0.101 e. The van der Waals surface area contributed by atoms with Gasteiger partial charge in [-0.3, -0.25) is 4.98 Å². The van der Waals surface area contributed by atoms with Gasteiger partial charge in [-0.2, -0.15) is 5.26 Å². The number of rotatable bonds is 2. The molecule has 1 atom stereocenters. The zero-order chi connectivity index (χ0) is 13.2. The summed E-state index contributed by atoms with van der Waals surface area (Å²) in [6.07, 6.45) is 5.36. The lowest BCUT2D eigenvalue weighted by molar-refractivity contribution is 0.761. The van der Waals surface area contributed by atoms with Crippen LogP contribution in [-0.2, 0) is 6.42 Å². The van der Waals surface area contributed by atoms with Gasteiger partial charge in [-0.25, -0.2) is 0 Å². The van der Waals surface area contributed by atoms with E-state index in [1.807, 2.05) is 12.1 Å². The summed E-state index contributed by atoms with van der Waals surface area (Å²) in [5.74, 6) is 0. The van der Waals surface area contributed by atoms with Gasteiger partial charge in [0.25, 0.3) is 0 Å². The summed E-state index contributed by atoms with van der Waals surface area (Å²) in [6, 6.07) is 10.2. The second-order valence-corrected chi connectivity index (χ2v) is 4.73. The number of benzene rings is 1. The Hall–Kier alpha value is -2.54. The Morgan fingerprint density at radius 2 is 2.26 bits per heavy atom. The standard InChI is InChI=1S/C15H14N4/c16-8-11-5-6-18-9-15(11)19-14-4-1-10-7-12(17)2-3-13(10)14/h2-3,5-7,9,14,19H,1,4,17H2. The Morgan fingerprint density at radius 1 is 1.37 bits per heavy atom. The van der Waals surface area contributed by atoms with Crippen LogP contribution in [-0.4, -0.2) is 4.98 Å². The number of hydrogen-bond donors (Lipinski definition) is 2. The Kier molecular flexibility index (Phi) is 2.81. The number of nitrogens with two attached hydrogens (primary N) is 1. The molecule has 1 aliphatic rings. The molecule has 19 heavy (non-hydrogen) atoms. The molecular formula is C15H14N4. The predicted octanol–water partition coefficient (Wildman–Crippen LogP) is 2.63. The molecule has 1 unspecified atom stereocenters. The minimum absolute atomic E-state index is 0.229. The largest absolute Gasteiger partial charge is 0.399 e. The highest BCUT2D eigenvalue weighted by atomic mass is 14.9. The molecule has 94 valence electrons. The van der Waals surface area contributed by atoms with Crippen molar-refractivity contribution in [2.24, 2.45) is 0 Å². The van der Waals surface area contributed by atoms with E-state index < -0.39 is 0 Å². The molecule has 0 saturated carbocycles. The molecule has 1 aromatic carbocycles. The number of nitrogens with zero attached hydrogens (tertiary/aromatic N) is 2. The first-order valence-electron chi connectivity index (χ1n) is 6.27. The van der Waals surface area contributed by atoms with Crippen molar-refractivity contribution in [2.45, 2.75) is 18.9 Å². The zero-order valence-corrected chi connectivity index (χ0v) is 10.4. The number of aryl methyl sites for hydroxylation is 1. The maximum Gasteiger partial charge on any atom is 0.101 e. The van der Waals surface area contributed by atoms with Crippen LogP contribution in [0.3, 0.4) is 0 Å². The molecule has 0 fully saturated rings. The van der Waals surface area contributed by atoms with Gasteiger partial charge in [0.05, 0.1) is 23.5 Å². The molecule has 2 aromatic rings. The summed E-state index contributed by atoms with van der Waals surface area (Å²) < 4.78 is 0. The van der Waals surface area contributed by atoms with E-state index in [2.05, 4.69) is 22.4 Å².